The van der Waals surface area contributed by atoms with Crippen molar-refractivity contribution in [3.63, 3.8) is 0 Å². The van der Waals surface area contributed by atoms with Gasteiger partial charge in [-0.1, -0.05) is 12.1 Å². The number of carbonyl (C=O) groups is 1. The van der Waals surface area contributed by atoms with E-state index < -0.39 is 5.41 Å². The van der Waals surface area contributed by atoms with Crippen LogP contribution in [0.15, 0.2) is 24.3 Å². The highest BCUT2D eigenvalue weighted by atomic mass is 16.6. The van der Waals surface area contributed by atoms with Crippen LogP contribution in [0.5, 0.6) is 5.75 Å². The minimum Gasteiger partial charge on any atom is -0.497 e. The molecule has 0 atom stereocenters. The van der Waals surface area contributed by atoms with E-state index in [1.807, 2.05) is 24.3 Å². The summed E-state index contributed by atoms with van der Waals surface area (Å²) in [6.45, 7) is 2.96. The Bertz CT molecular complexity index is 392. The lowest BCUT2D eigenvalue weighted by Crippen LogP contribution is -2.53. The molecule has 0 aromatic heterocycles. The summed E-state index contributed by atoms with van der Waals surface area (Å²) in [4.78, 5) is 12.0. The molecule has 1 fully saturated rings. The Balaban J connectivity index is 2.24. The van der Waals surface area contributed by atoms with Gasteiger partial charge in [0.2, 0.25) is 0 Å². The van der Waals surface area contributed by atoms with Gasteiger partial charge in [0, 0.05) is 0 Å². The van der Waals surface area contributed by atoms with Crippen molar-refractivity contribution in [3.05, 3.63) is 29.8 Å². The molecule has 1 aliphatic heterocycles. The summed E-state index contributed by atoms with van der Waals surface area (Å²) in [5, 5.41) is 0. The lowest BCUT2D eigenvalue weighted by Gasteiger charge is -2.39. The van der Waals surface area contributed by atoms with E-state index in [1.54, 1.807) is 14.0 Å². The van der Waals surface area contributed by atoms with Crippen LogP contribution in [0.3, 0.4) is 0 Å². The molecular formula is C13H16O4. The highest BCUT2D eigenvalue weighted by Gasteiger charge is 2.48. The minimum atomic E-state index is -0.623. The van der Waals surface area contributed by atoms with E-state index in [2.05, 4.69) is 0 Å². The van der Waals surface area contributed by atoms with Crippen LogP contribution in [0.25, 0.3) is 0 Å². The van der Waals surface area contributed by atoms with Crippen molar-refractivity contribution < 1.29 is 19.0 Å². The van der Waals surface area contributed by atoms with Crippen molar-refractivity contribution in [1.29, 1.82) is 0 Å². The Hall–Kier alpha value is -1.55. The number of carbonyl (C=O) groups excluding carboxylic acids is 1. The number of methoxy groups -OCH3 is 1. The molecule has 1 aliphatic rings. The maximum atomic E-state index is 12.0. The van der Waals surface area contributed by atoms with Gasteiger partial charge in [0.25, 0.3) is 0 Å². The summed E-state index contributed by atoms with van der Waals surface area (Å²) in [5.41, 5.74) is 0.297. The number of benzene rings is 1. The average Bonchev–Trinajstić information content (AvgIpc) is 2.29. The summed E-state index contributed by atoms with van der Waals surface area (Å²) >= 11 is 0. The third-order valence-electron chi connectivity index (χ3n) is 3.01. The van der Waals surface area contributed by atoms with Gasteiger partial charge in [-0.15, -0.1) is 0 Å². The average molecular weight is 236 g/mol. The molecule has 17 heavy (non-hydrogen) atoms. The molecule has 0 amide bonds. The van der Waals surface area contributed by atoms with Gasteiger partial charge < -0.3 is 14.2 Å². The van der Waals surface area contributed by atoms with Crippen LogP contribution in [0, 0.1) is 0 Å². The van der Waals surface area contributed by atoms with Crippen LogP contribution in [0.1, 0.15) is 12.5 Å². The molecule has 0 spiro atoms. The maximum Gasteiger partial charge on any atom is 0.321 e. The van der Waals surface area contributed by atoms with Crippen LogP contribution in [0.2, 0.25) is 0 Å². The third-order valence-corrected chi connectivity index (χ3v) is 3.01. The van der Waals surface area contributed by atoms with Crippen molar-refractivity contribution in [3.8, 4) is 5.75 Å². The summed E-state index contributed by atoms with van der Waals surface area (Å²) < 4.78 is 15.4. The van der Waals surface area contributed by atoms with Crippen LogP contribution >= 0.6 is 0 Å². The van der Waals surface area contributed by atoms with Gasteiger partial charge in [-0.05, 0) is 24.6 Å². The van der Waals surface area contributed by atoms with Crippen molar-refractivity contribution in [2.75, 3.05) is 26.9 Å². The molecule has 1 heterocycles. The highest BCUT2D eigenvalue weighted by molar-refractivity contribution is 5.84. The van der Waals surface area contributed by atoms with E-state index in [9.17, 15) is 4.79 Å². The smallest absolute Gasteiger partial charge is 0.321 e. The second kappa shape index (κ2) is 4.75. The van der Waals surface area contributed by atoms with E-state index in [0.29, 0.717) is 19.8 Å². The van der Waals surface area contributed by atoms with Crippen LogP contribution < -0.4 is 4.74 Å². The quantitative estimate of drug-likeness (QED) is 0.744. The molecule has 0 unspecified atom stereocenters. The molecule has 4 nitrogen and oxygen atoms in total. The van der Waals surface area contributed by atoms with Crippen LogP contribution in [-0.4, -0.2) is 32.9 Å². The van der Waals surface area contributed by atoms with E-state index in [-0.39, 0.29) is 5.97 Å². The van der Waals surface area contributed by atoms with Crippen molar-refractivity contribution in [1.82, 2.24) is 0 Å². The van der Waals surface area contributed by atoms with Gasteiger partial charge in [-0.2, -0.15) is 0 Å². The Kier molecular flexibility index (Phi) is 3.33. The summed E-state index contributed by atoms with van der Waals surface area (Å²) in [5.74, 6) is 0.560. The Morgan fingerprint density at radius 1 is 1.35 bits per heavy atom. The number of ether oxygens (including phenoxy) is 3. The predicted octanol–water partition coefficient (Wildman–Crippen LogP) is 1.53. The molecule has 0 N–H and O–H groups in total. The summed E-state index contributed by atoms with van der Waals surface area (Å²) in [6.07, 6.45) is 0. The first-order valence-corrected chi connectivity index (χ1v) is 5.62. The van der Waals surface area contributed by atoms with Gasteiger partial charge in [-0.25, -0.2) is 0 Å². The first-order chi connectivity index (χ1) is 8.23. The van der Waals surface area contributed by atoms with Crippen LogP contribution in [0.4, 0.5) is 0 Å². The van der Waals surface area contributed by atoms with Crippen LogP contribution in [-0.2, 0) is 19.7 Å². The summed E-state index contributed by atoms with van der Waals surface area (Å²) in [6, 6.07) is 7.46. The van der Waals surface area contributed by atoms with Gasteiger partial charge in [0.15, 0.2) is 0 Å². The fourth-order valence-corrected chi connectivity index (χ4v) is 1.89. The minimum absolute atomic E-state index is 0.212. The van der Waals surface area contributed by atoms with Gasteiger partial charge in [0.1, 0.15) is 11.2 Å². The fraction of sp³-hybridized carbons (Fsp3) is 0.462. The number of rotatable bonds is 4. The first-order valence-electron chi connectivity index (χ1n) is 5.62. The SMILES string of the molecule is CCOC(=O)C1(c2ccc(OC)cc2)COC1. The van der Waals surface area contributed by atoms with Crippen molar-refractivity contribution in [2.24, 2.45) is 0 Å². The molecule has 1 aromatic rings. The highest BCUT2D eigenvalue weighted by Crippen LogP contribution is 2.34. The molecule has 0 radical (unpaired) electrons. The van der Waals surface area contributed by atoms with Crippen molar-refractivity contribution in [2.45, 2.75) is 12.3 Å². The first kappa shape index (κ1) is 11.9. The third kappa shape index (κ3) is 2.00. The lowest BCUT2D eigenvalue weighted by atomic mass is 9.78. The lowest BCUT2D eigenvalue weighted by molar-refractivity contribution is -0.169. The molecule has 0 aliphatic carbocycles. The standard InChI is InChI=1S/C13H16O4/c1-3-17-12(14)13(8-16-9-13)10-4-6-11(15-2)7-5-10/h4-7H,3,8-9H2,1-2H3. The monoisotopic (exact) mass is 236 g/mol. The predicted molar refractivity (Wildman–Crippen MR) is 62.1 cm³/mol. The van der Waals surface area contributed by atoms with E-state index in [1.165, 1.54) is 0 Å². The Morgan fingerprint density at radius 2 is 2.00 bits per heavy atom. The number of hydrogen-bond acceptors (Lipinski definition) is 4. The van der Waals surface area contributed by atoms with Gasteiger partial charge in [0.05, 0.1) is 26.9 Å². The second-order valence-corrected chi connectivity index (χ2v) is 4.02. The summed E-state index contributed by atoms with van der Waals surface area (Å²) in [7, 11) is 1.61. The van der Waals surface area contributed by atoms with E-state index >= 15 is 0 Å². The Labute approximate surface area is 100 Å². The normalized spacial score (nSPS) is 17.1. The largest absolute Gasteiger partial charge is 0.497 e. The molecule has 92 valence electrons. The zero-order valence-corrected chi connectivity index (χ0v) is 10.1. The van der Waals surface area contributed by atoms with Crippen molar-refractivity contribution >= 4 is 5.97 Å². The topological polar surface area (TPSA) is 44.8 Å². The molecule has 1 saturated heterocycles. The van der Waals surface area contributed by atoms with E-state index in [4.69, 9.17) is 14.2 Å². The second-order valence-electron chi connectivity index (χ2n) is 4.02. The molecular weight excluding hydrogens is 220 g/mol. The zero-order valence-electron chi connectivity index (χ0n) is 10.1. The molecule has 0 bridgehead atoms. The van der Waals surface area contributed by atoms with E-state index in [0.717, 1.165) is 11.3 Å². The number of esters is 1. The zero-order chi connectivity index (χ0) is 12.3. The van der Waals surface area contributed by atoms with Gasteiger partial charge >= 0.3 is 5.97 Å². The fourth-order valence-electron chi connectivity index (χ4n) is 1.89. The number of hydrogen-bond donors (Lipinski definition) is 0. The molecule has 4 heteroatoms. The molecule has 0 saturated carbocycles. The maximum absolute atomic E-state index is 12.0. The Morgan fingerprint density at radius 3 is 2.41 bits per heavy atom. The van der Waals surface area contributed by atoms with Gasteiger partial charge in [-0.3, -0.25) is 4.79 Å². The molecule has 2 rings (SSSR count). The molecule has 1 aromatic carbocycles.